The maximum absolute atomic E-state index is 8.66. The number of nitrogen functional groups attached to an aromatic ring is 1. The number of nitrogens with two attached hydrogens (primary N) is 1. The van der Waals surface area contributed by atoms with Crippen molar-refractivity contribution in [1.29, 1.82) is 5.26 Å². The van der Waals surface area contributed by atoms with E-state index in [1.54, 1.807) is 18.2 Å². The maximum Gasteiger partial charge on any atom is 0.142 e. The first-order chi connectivity index (χ1) is 7.77. The molecule has 0 heterocycles. The molecule has 1 aromatic rings. The average molecular weight is 220 g/mol. The zero-order chi connectivity index (χ0) is 11.8. The van der Waals surface area contributed by atoms with Gasteiger partial charge in [-0.3, -0.25) is 0 Å². The van der Waals surface area contributed by atoms with Gasteiger partial charge in [0.2, 0.25) is 0 Å². The van der Waals surface area contributed by atoms with E-state index in [0.717, 1.165) is 13.0 Å². The Morgan fingerprint density at radius 3 is 2.81 bits per heavy atom. The van der Waals surface area contributed by atoms with Crippen LogP contribution in [0.25, 0.3) is 0 Å². The summed E-state index contributed by atoms with van der Waals surface area (Å²) in [5.41, 5.74) is 6.77. The van der Waals surface area contributed by atoms with Crippen molar-refractivity contribution >= 4 is 5.69 Å². The number of anilines is 1. The minimum Gasteiger partial charge on any atom is -0.491 e. The molecule has 0 bridgehead atoms. The van der Waals surface area contributed by atoms with Gasteiger partial charge < -0.3 is 15.2 Å². The molecular formula is C12H16N2O2. The summed E-state index contributed by atoms with van der Waals surface area (Å²) < 4.78 is 10.7. The number of hydrogen-bond acceptors (Lipinski definition) is 4. The van der Waals surface area contributed by atoms with Crippen molar-refractivity contribution in [2.75, 3.05) is 25.6 Å². The molecule has 0 unspecified atom stereocenters. The first-order valence-electron chi connectivity index (χ1n) is 5.28. The van der Waals surface area contributed by atoms with Crippen molar-refractivity contribution in [2.24, 2.45) is 0 Å². The van der Waals surface area contributed by atoms with Crippen molar-refractivity contribution in [2.45, 2.75) is 13.3 Å². The molecule has 2 N–H and O–H groups in total. The minimum atomic E-state index is 0.496. The van der Waals surface area contributed by atoms with Crippen LogP contribution in [0.3, 0.4) is 0 Å². The van der Waals surface area contributed by atoms with Gasteiger partial charge in [-0.2, -0.15) is 5.26 Å². The quantitative estimate of drug-likeness (QED) is 0.587. The van der Waals surface area contributed by atoms with Crippen molar-refractivity contribution in [1.82, 2.24) is 0 Å². The highest BCUT2D eigenvalue weighted by Gasteiger charge is 2.01. The molecule has 1 aromatic carbocycles. The third-order valence-electron chi connectivity index (χ3n) is 2.03. The fraction of sp³-hybridized carbons (Fsp3) is 0.417. The van der Waals surface area contributed by atoms with Gasteiger partial charge in [0.15, 0.2) is 0 Å². The van der Waals surface area contributed by atoms with Crippen LogP contribution in [0.1, 0.15) is 18.9 Å². The summed E-state index contributed by atoms with van der Waals surface area (Å²) >= 11 is 0. The molecule has 4 heteroatoms. The standard InChI is InChI=1S/C12H16N2O2/c1-2-15-6-3-7-16-12-5-4-10(9-13)8-11(12)14/h4-5,8H,2-3,6-7,14H2,1H3. The minimum absolute atomic E-state index is 0.496. The fourth-order valence-electron chi connectivity index (χ4n) is 1.24. The van der Waals surface area contributed by atoms with Gasteiger partial charge in [0.1, 0.15) is 5.75 Å². The van der Waals surface area contributed by atoms with Gasteiger partial charge in [-0.1, -0.05) is 0 Å². The predicted octanol–water partition coefficient (Wildman–Crippen LogP) is 1.95. The third-order valence-corrected chi connectivity index (χ3v) is 2.03. The van der Waals surface area contributed by atoms with E-state index < -0.39 is 0 Å². The highest BCUT2D eigenvalue weighted by molar-refractivity contribution is 5.56. The van der Waals surface area contributed by atoms with E-state index in [1.807, 2.05) is 13.0 Å². The summed E-state index contributed by atoms with van der Waals surface area (Å²) in [5, 5.41) is 8.66. The highest BCUT2D eigenvalue weighted by atomic mass is 16.5. The summed E-state index contributed by atoms with van der Waals surface area (Å²) in [6.45, 7) is 3.93. The third kappa shape index (κ3) is 3.79. The van der Waals surface area contributed by atoms with Crippen LogP contribution in [0.2, 0.25) is 0 Å². The average Bonchev–Trinajstić information content (AvgIpc) is 2.30. The molecule has 0 saturated carbocycles. The monoisotopic (exact) mass is 220 g/mol. The van der Waals surface area contributed by atoms with Gasteiger partial charge in [-0.15, -0.1) is 0 Å². The van der Waals surface area contributed by atoms with Crippen molar-refractivity contribution in [3.8, 4) is 11.8 Å². The number of benzene rings is 1. The molecule has 0 atom stereocenters. The lowest BCUT2D eigenvalue weighted by Gasteiger charge is -2.08. The molecule has 4 nitrogen and oxygen atoms in total. The van der Waals surface area contributed by atoms with Crippen molar-refractivity contribution in [3.63, 3.8) is 0 Å². The first-order valence-corrected chi connectivity index (χ1v) is 5.28. The molecule has 0 radical (unpaired) electrons. The fourth-order valence-corrected chi connectivity index (χ4v) is 1.24. The van der Waals surface area contributed by atoms with E-state index in [0.29, 0.717) is 30.2 Å². The lowest BCUT2D eigenvalue weighted by atomic mass is 10.2. The number of nitrogens with zero attached hydrogens (tertiary/aromatic N) is 1. The Kier molecular flexibility index (Phi) is 5.17. The lowest BCUT2D eigenvalue weighted by molar-refractivity contribution is 0.131. The van der Waals surface area contributed by atoms with Gasteiger partial charge >= 0.3 is 0 Å². The second-order valence-electron chi connectivity index (χ2n) is 3.26. The van der Waals surface area contributed by atoms with Gasteiger partial charge in [0.05, 0.1) is 23.9 Å². The van der Waals surface area contributed by atoms with Crippen molar-refractivity contribution in [3.05, 3.63) is 23.8 Å². The summed E-state index contributed by atoms with van der Waals surface area (Å²) in [4.78, 5) is 0. The topological polar surface area (TPSA) is 68.3 Å². The van der Waals surface area contributed by atoms with Crippen LogP contribution in [0.15, 0.2) is 18.2 Å². The SMILES string of the molecule is CCOCCCOc1ccc(C#N)cc1N. The number of nitriles is 1. The number of rotatable bonds is 6. The molecule has 0 aliphatic heterocycles. The predicted molar refractivity (Wildman–Crippen MR) is 62.2 cm³/mol. The van der Waals surface area contributed by atoms with E-state index >= 15 is 0 Å². The first kappa shape index (κ1) is 12.3. The molecular weight excluding hydrogens is 204 g/mol. The lowest BCUT2D eigenvalue weighted by Crippen LogP contribution is -2.04. The van der Waals surface area contributed by atoms with Crippen molar-refractivity contribution < 1.29 is 9.47 Å². The van der Waals surface area contributed by atoms with Crippen LogP contribution in [0.5, 0.6) is 5.75 Å². The van der Waals surface area contributed by atoms with Crippen LogP contribution in [-0.4, -0.2) is 19.8 Å². The second kappa shape index (κ2) is 6.70. The van der Waals surface area contributed by atoms with Gasteiger partial charge in [-0.05, 0) is 25.1 Å². The number of ether oxygens (including phenoxy) is 2. The van der Waals surface area contributed by atoms with Crippen LogP contribution in [-0.2, 0) is 4.74 Å². The van der Waals surface area contributed by atoms with Crippen LogP contribution in [0.4, 0.5) is 5.69 Å². The van der Waals surface area contributed by atoms with Crippen LogP contribution in [0, 0.1) is 11.3 Å². The van der Waals surface area contributed by atoms with Gasteiger partial charge in [0.25, 0.3) is 0 Å². The Hall–Kier alpha value is -1.73. The molecule has 0 amide bonds. The Labute approximate surface area is 95.6 Å². The van der Waals surface area contributed by atoms with E-state index in [1.165, 1.54) is 0 Å². The Morgan fingerprint density at radius 2 is 2.19 bits per heavy atom. The molecule has 0 fully saturated rings. The Balaban J connectivity index is 2.40. The molecule has 16 heavy (non-hydrogen) atoms. The number of hydrogen-bond donors (Lipinski definition) is 1. The highest BCUT2D eigenvalue weighted by Crippen LogP contribution is 2.22. The molecule has 0 aromatic heterocycles. The molecule has 0 aliphatic rings. The largest absolute Gasteiger partial charge is 0.491 e. The summed E-state index contributed by atoms with van der Waals surface area (Å²) in [7, 11) is 0. The smallest absolute Gasteiger partial charge is 0.142 e. The Bertz CT molecular complexity index is 372. The zero-order valence-corrected chi connectivity index (χ0v) is 9.40. The van der Waals surface area contributed by atoms with E-state index in [-0.39, 0.29) is 0 Å². The second-order valence-corrected chi connectivity index (χ2v) is 3.26. The molecule has 0 aliphatic carbocycles. The van der Waals surface area contributed by atoms with Crippen LogP contribution >= 0.6 is 0 Å². The summed E-state index contributed by atoms with van der Waals surface area (Å²) in [6.07, 6.45) is 0.827. The van der Waals surface area contributed by atoms with Crippen LogP contribution < -0.4 is 10.5 Å². The molecule has 1 rings (SSSR count). The van der Waals surface area contributed by atoms with E-state index in [2.05, 4.69) is 0 Å². The zero-order valence-electron chi connectivity index (χ0n) is 9.40. The molecule has 86 valence electrons. The summed E-state index contributed by atoms with van der Waals surface area (Å²) in [5.74, 6) is 0.621. The maximum atomic E-state index is 8.66. The van der Waals surface area contributed by atoms with E-state index in [9.17, 15) is 0 Å². The Morgan fingerprint density at radius 1 is 1.38 bits per heavy atom. The van der Waals surface area contributed by atoms with Gasteiger partial charge in [-0.25, -0.2) is 0 Å². The van der Waals surface area contributed by atoms with E-state index in [4.69, 9.17) is 20.5 Å². The summed E-state index contributed by atoms with van der Waals surface area (Å²) in [6, 6.07) is 7.04. The normalized spacial score (nSPS) is 9.75. The molecule has 0 saturated heterocycles. The van der Waals surface area contributed by atoms with Gasteiger partial charge in [0, 0.05) is 19.6 Å². The molecule has 0 spiro atoms.